The molecule has 2 aromatic rings. The molecule has 0 radical (unpaired) electrons. The van der Waals surface area contributed by atoms with E-state index in [-0.39, 0.29) is 0 Å². The zero-order chi connectivity index (χ0) is 16.6. The first-order valence-corrected chi connectivity index (χ1v) is 9.17. The predicted molar refractivity (Wildman–Crippen MR) is 97.0 cm³/mol. The van der Waals surface area contributed by atoms with E-state index in [1.807, 2.05) is 28.8 Å². The molecule has 1 aliphatic carbocycles. The van der Waals surface area contributed by atoms with Crippen molar-refractivity contribution in [3.8, 4) is 0 Å². The van der Waals surface area contributed by atoms with Crippen LogP contribution in [0, 0.1) is 5.92 Å². The minimum Gasteiger partial charge on any atom is -0.357 e. The van der Waals surface area contributed by atoms with Crippen LogP contribution in [0.25, 0.3) is 5.65 Å². The number of nitrogens with zero attached hydrogens (tertiary/aromatic N) is 4. The van der Waals surface area contributed by atoms with E-state index in [0.717, 1.165) is 36.4 Å². The summed E-state index contributed by atoms with van der Waals surface area (Å²) < 4.78 is 1.98. The highest BCUT2D eigenvalue weighted by Gasteiger charge is 2.13. The molecule has 0 bridgehead atoms. The average molecular weight is 328 g/mol. The van der Waals surface area contributed by atoms with Crippen LogP contribution in [-0.4, -0.2) is 33.6 Å². The largest absolute Gasteiger partial charge is 0.357 e. The van der Waals surface area contributed by atoms with Crippen LogP contribution >= 0.6 is 0 Å². The number of fused-ring (bicyclic) bond motifs is 1. The van der Waals surface area contributed by atoms with Crippen molar-refractivity contribution in [2.24, 2.45) is 10.9 Å². The first-order chi connectivity index (χ1) is 11.9. The van der Waals surface area contributed by atoms with Gasteiger partial charge in [-0.2, -0.15) is 0 Å². The van der Waals surface area contributed by atoms with Gasteiger partial charge >= 0.3 is 0 Å². The molecule has 130 valence electrons. The summed E-state index contributed by atoms with van der Waals surface area (Å²) in [5.74, 6) is 2.60. The van der Waals surface area contributed by atoms with E-state index < -0.39 is 0 Å². The van der Waals surface area contributed by atoms with Gasteiger partial charge in [0, 0.05) is 19.3 Å². The van der Waals surface area contributed by atoms with E-state index in [4.69, 9.17) is 0 Å². The first kappa shape index (κ1) is 16.7. The molecule has 0 aromatic carbocycles. The molecule has 0 atom stereocenters. The fourth-order valence-electron chi connectivity index (χ4n) is 3.36. The molecule has 6 heteroatoms. The number of aromatic nitrogens is 3. The van der Waals surface area contributed by atoms with E-state index in [9.17, 15) is 0 Å². The number of nitrogens with one attached hydrogen (secondary N) is 2. The summed E-state index contributed by atoms with van der Waals surface area (Å²) in [6.45, 7) is 4.45. The van der Waals surface area contributed by atoms with Crippen molar-refractivity contribution >= 4 is 11.6 Å². The summed E-state index contributed by atoms with van der Waals surface area (Å²) in [5, 5.41) is 15.2. The molecular weight excluding hydrogens is 300 g/mol. The van der Waals surface area contributed by atoms with Crippen LogP contribution in [0.4, 0.5) is 0 Å². The van der Waals surface area contributed by atoms with E-state index in [1.165, 1.54) is 38.5 Å². The molecule has 1 aliphatic rings. The Hall–Kier alpha value is -2.11. The second kappa shape index (κ2) is 8.66. The smallest absolute Gasteiger partial charge is 0.191 e. The number of rotatable bonds is 6. The zero-order valence-electron chi connectivity index (χ0n) is 14.5. The fourth-order valence-corrected chi connectivity index (χ4v) is 3.36. The van der Waals surface area contributed by atoms with Crippen molar-refractivity contribution < 1.29 is 0 Å². The van der Waals surface area contributed by atoms with Gasteiger partial charge in [0.2, 0.25) is 0 Å². The summed E-state index contributed by atoms with van der Waals surface area (Å²) in [7, 11) is 0. The van der Waals surface area contributed by atoms with Gasteiger partial charge < -0.3 is 10.6 Å². The number of hydrogen-bond acceptors (Lipinski definition) is 3. The Bertz CT molecular complexity index is 656. The molecular formula is C18H28N6. The Morgan fingerprint density at radius 3 is 2.92 bits per heavy atom. The topological polar surface area (TPSA) is 66.6 Å². The number of pyridine rings is 1. The van der Waals surface area contributed by atoms with Gasteiger partial charge in [-0.15, -0.1) is 10.2 Å². The minimum atomic E-state index is 0.518. The monoisotopic (exact) mass is 328 g/mol. The van der Waals surface area contributed by atoms with E-state index in [2.05, 4.69) is 32.7 Å². The van der Waals surface area contributed by atoms with Crippen LogP contribution in [0.5, 0.6) is 0 Å². The molecule has 2 aromatic heterocycles. The molecule has 0 amide bonds. The maximum Gasteiger partial charge on any atom is 0.191 e. The predicted octanol–water partition coefficient (Wildman–Crippen LogP) is 2.75. The van der Waals surface area contributed by atoms with Crippen molar-refractivity contribution in [2.75, 3.05) is 13.1 Å². The Morgan fingerprint density at radius 2 is 2.08 bits per heavy atom. The molecule has 0 saturated heterocycles. The quantitative estimate of drug-likeness (QED) is 0.632. The van der Waals surface area contributed by atoms with Gasteiger partial charge in [-0.1, -0.05) is 38.2 Å². The molecule has 3 rings (SSSR count). The Morgan fingerprint density at radius 1 is 1.21 bits per heavy atom. The maximum atomic E-state index is 4.66. The summed E-state index contributed by atoms with van der Waals surface area (Å²) >= 11 is 0. The zero-order valence-corrected chi connectivity index (χ0v) is 14.5. The molecule has 0 unspecified atom stereocenters. The van der Waals surface area contributed by atoms with Crippen LogP contribution in [0.3, 0.4) is 0 Å². The van der Waals surface area contributed by atoms with Crippen LogP contribution in [-0.2, 0) is 6.54 Å². The van der Waals surface area contributed by atoms with Gasteiger partial charge in [-0.05, 0) is 31.4 Å². The van der Waals surface area contributed by atoms with Gasteiger partial charge in [0.25, 0.3) is 0 Å². The van der Waals surface area contributed by atoms with Crippen molar-refractivity contribution in [3.05, 3.63) is 30.2 Å². The molecule has 0 aliphatic heterocycles. The Labute approximate surface area is 143 Å². The standard InChI is InChI=1S/C18H28N6/c1-2-19-18(20-12-11-15-8-4-3-5-9-15)21-14-17-23-22-16-10-6-7-13-24(16)17/h6-7,10,13,15H,2-5,8-9,11-12,14H2,1H3,(H2,19,20,21). The lowest BCUT2D eigenvalue weighted by atomic mass is 9.87. The molecule has 2 heterocycles. The third kappa shape index (κ3) is 4.46. The maximum absolute atomic E-state index is 4.66. The second-order valence-corrected chi connectivity index (χ2v) is 6.46. The fraction of sp³-hybridized carbons (Fsp3) is 0.611. The molecule has 1 fully saturated rings. The summed E-state index contributed by atoms with van der Waals surface area (Å²) in [5.41, 5.74) is 0.859. The molecule has 6 nitrogen and oxygen atoms in total. The summed E-state index contributed by atoms with van der Waals surface area (Å²) in [4.78, 5) is 4.66. The normalized spacial score (nSPS) is 16.5. The summed E-state index contributed by atoms with van der Waals surface area (Å²) in [6, 6.07) is 5.90. The second-order valence-electron chi connectivity index (χ2n) is 6.46. The van der Waals surface area contributed by atoms with E-state index >= 15 is 0 Å². The third-order valence-corrected chi connectivity index (χ3v) is 4.68. The number of guanidine groups is 1. The van der Waals surface area contributed by atoms with Gasteiger partial charge in [-0.3, -0.25) is 4.40 Å². The lowest BCUT2D eigenvalue weighted by molar-refractivity contribution is 0.339. The molecule has 2 N–H and O–H groups in total. The third-order valence-electron chi connectivity index (χ3n) is 4.68. The van der Waals surface area contributed by atoms with Gasteiger partial charge in [0.1, 0.15) is 6.54 Å². The van der Waals surface area contributed by atoms with Crippen LogP contribution < -0.4 is 10.6 Å². The lowest BCUT2D eigenvalue weighted by Crippen LogP contribution is -2.38. The van der Waals surface area contributed by atoms with Gasteiger partial charge in [-0.25, -0.2) is 4.99 Å². The van der Waals surface area contributed by atoms with Crippen molar-refractivity contribution in [1.29, 1.82) is 0 Å². The van der Waals surface area contributed by atoms with Crippen LogP contribution in [0.2, 0.25) is 0 Å². The number of aliphatic imine (C=N–C) groups is 1. The first-order valence-electron chi connectivity index (χ1n) is 9.17. The van der Waals surface area contributed by atoms with E-state index in [1.54, 1.807) is 0 Å². The highest BCUT2D eigenvalue weighted by Crippen LogP contribution is 2.25. The highest BCUT2D eigenvalue weighted by molar-refractivity contribution is 5.79. The SMILES string of the molecule is CCNC(=NCc1nnc2ccccn12)NCCC1CCCCC1. The molecule has 24 heavy (non-hydrogen) atoms. The van der Waals surface area contributed by atoms with Crippen LogP contribution in [0.1, 0.15) is 51.3 Å². The molecule has 1 saturated carbocycles. The molecule has 0 spiro atoms. The lowest BCUT2D eigenvalue weighted by Gasteiger charge is -2.22. The summed E-state index contributed by atoms with van der Waals surface area (Å²) in [6.07, 6.45) is 10.2. The Balaban J connectivity index is 1.54. The Kier molecular flexibility index (Phi) is 6.04. The van der Waals surface area contributed by atoms with Crippen LogP contribution in [0.15, 0.2) is 29.4 Å². The average Bonchev–Trinajstić information content (AvgIpc) is 3.04. The highest BCUT2D eigenvalue weighted by atomic mass is 15.3. The van der Waals surface area contributed by atoms with E-state index in [0.29, 0.717) is 6.54 Å². The van der Waals surface area contributed by atoms with Gasteiger partial charge in [0.15, 0.2) is 17.4 Å². The minimum absolute atomic E-state index is 0.518. The van der Waals surface area contributed by atoms with Crippen molar-refractivity contribution in [1.82, 2.24) is 25.2 Å². The van der Waals surface area contributed by atoms with Crippen molar-refractivity contribution in [2.45, 2.75) is 52.0 Å². The van der Waals surface area contributed by atoms with Crippen molar-refractivity contribution in [3.63, 3.8) is 0 Å². The number of hydrogen-bond donors (Lipinski definition) is 2. The van der Waals surface area contributed by atoms with Gasteiger partial charge in [0.05, 0.1) is 0 Å².